The first-order chi connectivity index (χ1) is 13.1. The molecule has 0 spiro atoms. The minimum Gasteiger partial charge on any atom is -0.489 e. The summed E-state index contributed by atoms with van der Waals surface area (Å²) in [4.78, 5) is 16.6. The number of carbonyl (C=O) groups excluding carboxylic acids is 1. The van der Waals surface area contributed by atoms with Crippen molar-refractivity contribution in [1.29, 1.82) is 0 Å². The molecule has 0 bridgehead atoms. The third-order valence-corrected chi connectivity index (χ3v) is 5.65. The number of ether oxygens (including phenoxy) is 2. The molecule has 0 unspecified atom stereocenters. The second-order valence-corrected chi connectivity index (χ2v) is 7.74. The molecule has 3 aliphatic rings. The smallest absolute Gasteiger partial charge is 0.414 e. The molecule has 8 heteroatoms. The summed E-state index contributed by atoms with van der Waals surface area (Å²) in [6, 6.07) is 3.39. The van der Waals surface area contributed by atoms with Gasteiger partial charge in [-0.2, -0.15) is 0 Å². The molecule has 0 aliphatic carbocycles. The standard InChI is InChI=1S/C19H24FN3O3S/c1-2-4-17(27)21-9-14-10-23(19(24)26-14)13-7-15(20)18-16(8-13)25-11-12-5-3-6-22(12)18/h7-8,12,14H,2-6,9-11H2,1H3,(H,21,27)/t12-,14-/m0/s1. The third kappa shape index (κ3) is 3.54. The first-order valence-electron chi connectivity index (χ1n) is 9.54. The lowest BCUT2D eigenvalue weighted by molar-refractivity contribution is 0.143. The van der Waals surface area contributed by atoms with Crippen LogP contribution < -0.4 is 19.9 Å². The van der Waals surface area contributed by atoms with Crippen molar-refractivity contribution in [2.24, 2.45) is 0 Å². The average molecular weight is 393 g/mol. The van der Waals surface area contributed by atoms with E-state index >= 15 is 0 Å². The van der Waals surface area contributed by atoms with Gasteiger partial charge < -0.3 is 19.7 Å². The SMILES string of the molecule is CCCC(=S)NC[C@H]1CN(c2cc(F)c3c(c2)OC[C@@H]2CCCN32)C(=O)O1. The minimum absolute atomic E-state index is 0.247. The van der Waals surface area contributed by atoms with Gasteiger partial charge in [-0.1, -0.05) is 19.1 Å². The van der Waals surface area contributed by atoms with Crippen molar-refractivity contribution >= 4 is 34.7 Å². The Kier molecular flexibility index (Phi) is 5.08. The van der Waals surface area contributed by atoms with Crippen LogP contribution in [-0.4, -0.2) is 49.5 Å². The Morgan fingerprint density at radius 2 is 2.30 bits per heavy atom. The van der Waals surface area contributed by atoms with E-state index in [1.165, 1.54) is 11.0 Å². The van der Waals surface area contributed by atoms with Gasteiger partial charge in [0.05, 0.1) is 29.8 Å². The monoisotopic (exact) mass is 393 g/mol. The maximum atomic E-state index is 14.9. The van der Waals surface area contributed by atoms with Crippen LogP contribution in [-0.2, 0) is 4.74 Å². The predicted octanol–water partition coefficient (Wildman–Crippen LogP) is 3.23. The van der Waals surface area contributed by atoms with E-state index in [1.54, 1.807) is 6.07 Å². The quantitative estimate of drug-likeness (QED) is 0.776. The molecule has 0 saturated carbocycles. The Balaban J connectivity index is 1.48. The number of halogens is 1. The molecule has 2 atom stereocenters. The third-order valence-electron chi connectivity index (χ3n) is 5.30. The van der Waals surface area contributed by atoms with Crippen molar-refractivity contribution in [3.05, 3.63) is 17.9 Å². The number of hydrogen-bond donors (Lipinski definition) is 1. The zero-order chi connectivity index (χ0) is 19.0. The van der Waals surface area contributed by atoms with Crippen LogP contribution in [0.2, 0.25) is 0 Å². The molecule has 3 heterocycles. The number of anilines is 2. The molecule has 2 fully saturated rings. The highest BCUT2D eigenvalue weighted by Gasteiger charge is 2.37. The van der Waals surface area contributed by atoms with Crippen molar-refractivity contribution in [3.8, 4) is 5.75 Å². The van der Waals surface area contributed by atoms with Crippen LogP contribution in [0.15, 0.2) is 12.1 Å². The van der Waals surface area contributed by atoms with Gasteiger partial charge >= 0.3 is 6.09 Å². The molecule has 1 aromatic carbocycles. The maximum Gasteiger partial charge on any atom is 0.414 e. The van der Waals surface area contributed by atoms with E-state index in [1.807, 2.05) is 0 Å². The fourth-order valence-corrected chi connectivity index (χ4v) is 4.26. The lowest BCUT2D eigenvalue weighted by Gasteiger charge is -2.34. The number of hydrogen-bond acceptors (Lipinski definition) is 5. The van der Waals surface area contributed by atoms with Gasteiger partial charge in [0.15, 0.2) is 5.82 Å². The maximum absolute atomic E-state index is 14.9. The minimum atomic E-state index is -0.475. The van der Waals surface area contributed by atoms with Gasteiger partial charge in [0.25, 0.3) is 0 Å². The molecule has 1 N–H and O–H groups in total. The Labute approximate surface area is 163 Å². The first kappa shape index (κ1) is 18.3. The number of benzene rings is 1. The summed E-state index contributed by atoms with van der Waals surface area (Å²) in [7, 11) is 0. The lowest BCUT2D eigenvalue weighted by Crippen LogP contribution is -2.39. The summed E-state index contributed by atoms with van der Waals surface area (Å²) in [5, 5.41) is 3.13. The van der Waals surface area contributed by atoms with Crippen LogP contribution in [0.25, 0.3) is 0 Å². The normalized spacial score (nSPS) is 23.6. The van der Waals surface area contributed by atoms with Crippen molar-refractivity contribution in [1.82, 2.24) is 5.32 Å². The molecule has 3 aliphatic heterocycles. The van der Waals surface area contributed by atoms with Crippen LogP contribution in [0, 0.1) is 5.82 Å². The molecule has 4 rings (SSSR count). The highest BCUT2D eigenvalue weighted by atomic mass is 32.1. The van der Waals surface area contributed by atoms with E-state index in [9.17, 15) is 9.18 Å². The number of rotatable bonds is 5. The van der Waals surface area contributed by atoms with Crippen LogP contribution in [0.4, 0.5) is 20.6 Å². The number of cyclic esters (lactones) is 1. The fourth-order valence-electron chi connectivity index (χ4n) is 3.98. The van der Waals surface area contributed by atoms with Crippen molar-refractivity contribution in [3.63, 3.8) is 0 Å². The number of nitrogens with zero attached hydrogens (tertiary/aromatic N) is 2. The summed E-state index contributed by atoms with van der Waals surface area (Å²) in [5.74, 6) is 0.147. The first-order valence-corrected chi connectivity index (χ1v) is 9.95. The second-order valence-electron chi connectivity index (χ2n) is 7.25. The highest BCUT2D eigenvalue weighted by molar-refractivity contribution is 7.80. The second kappa shape index (κ2) is 7.50. The van der Waals surface area contributed by atoms with Crippen LogP contribution in [0.1, 0.15) is 32.6 Å². The number of carbonyl (C=O) groups is 1. The summed E-state index contributed by atoms with van der Waals surface area (Å²) in [6.07, 6.45) is 3.04. The van der Waals surface area contributed by atoms with Crippen LogP contribution in [0.5, 0.6) is 5.75 Å². The van der Waals surface area contributed by atoms with Gasteiger partial charge in [-0.05, 0) is 25.7 Å². The Hall–Kier alpha value is -2.09. The summed E-state index contributed by atoms with van der Waals surface area (Å²) >= 11 is 5.23. The predicted molar refractivity (Wildman–Crippen MR) is 105 cm³/mol. The number of fused-ring (bicyclic) bond motifs is 3. The molecule has 1 aromatic rings. The molecular weight excluding hydrogens is 369 g/mol. The molecule has 0 aromatic heterocycles. The number of nitrogens with one attached hydrogen (secondary N) is 1. The van der Waals surface area contributed by atoms with Gasteiger partial charge in [-0.25, -0.2) is 9.18 Å². The van der Waals surface area contributed by atoms with Crippen molar-refractivity contribution in [2.45, 2.75) is 44.8 Å². The van der Waals surface area contributed by atoms with E-state index in [4.69, 9.17) is 21.7 Å². The number of amides is 1. The van der Waals surface area contributed by atoms with Gasteiger partial charge in [0, 0.05) is 18.7 Å². The zero-order valence-electron chi connectivity index (χ0n) is 15.4. The molecule has 6 nitrogen and oxygen atoms in total. The molecule has 146 valence electrons. The highest BCUT2D eigenvalue weighted by Crippen LogP contribution is 2.42. The van der Waals surface area contributed by atoms with Gasteiger partial charge in [0.2, 0.25) is 0 Å². The van der Waals surface area contributed by atoms with Crippen molar-refractivity contribution in [2.75, 3.05) is 36.0 Å². The van der Waals surface area contributed by atoms with Crippen LogP contribution in [0.3, 0.4) is 0 Å². The van der Waals surface area contributed by atoms with E-state index in [0.29, 0.717) is 36.8 Å². The van der Waals surface area contributed by atoms with E-state index in [2.05, 4.69) is 17.1 Å². The van der Waals surface area contributed by atoms with Gasteiger partial charge in [0.1, 0.15) is 24.1 Å². The summed E-state index contributed by atoms with van der Waals surface area (Å²) in [6.45, 7) is 4.27. The zero-order valence-corrected chi connectivity index (χ0v) is 16.2. The van der Waals surface area contributed by atoms with Crippen molar-refractivity contribution < 1.29 is 18.7 Å². The van der Waals surface area contributed by atoms with E-state index in [0.717, 1.165) is 37.2 Å². The largest absolute Gasteiger partial charge is 0.489 e. The summed E-state index contributed by atoms with van der Waals surface area (Å²) < 4.78 is 26.1. The van der Waals surface area contributed by atoms with Crippen LogP contribution >= 0.6 is 12.2 Å². The fraction of sp³-hybridized carbons (Fsp3) is 0.579. The molecule has 1 amide bonds. The van der Waals surface area contributed by atoms with Gasteiger partial charge in [-0.3, -0.25) is 4.90 Å². The van der Waals surface area contributed by atoms with E-state index in [-0.39, 0.29) is 18.0 Å². The number of thiocarbonyl (C=S) groups is 1. The topological polar surface area (TPSA) is 54.0 Å². The molecule has 2 saturated heterocycles. The lowest BCUT2D eigenvalue weighted by atomic mass is 10.1. The molecule has 27 heavy (non-hydrogen) atoms. The van der Waals surface area contributed by atoms with E-state index < -0.39 is 6.09 Å². The molecular formula is C19H24FN3O3S. The van der Waals surface area contributed by atoms with Gasteiger partial charge in [-0.15, -0.1) is 0 Å². The summed E-state index contributed by atoms with van der Waals surface area (Å²) in [5.41, 5.74) is 0.982. The Morgan fingerprint density at radius 3 is 3.11 bits per heavy atom. The average Bonchev–Trinajstić information content (AvgIpc) is 3.26. The molecule has 0 radical (unpaired) electrons. The Bertz CT molecular complexity index is 760. The Morgan fingerprint density at radius 1 is 1.44 bits per heavy atom.